The highest BCUT2D eigenvalue weighted by Gasteiger charge is 2.34. The summed E-state index contributed by atoms with van der Waals surface area (Å²) in [7, 11) is 0. The molecule has 1 aliphatic heterocycles. The Labute approximate surface area is 130 Å². The molecule has 0 bridgehead atoms. The van der Waals surface area contributed by atoms with Crippen molar-refractivity contribution < 1.29 is 4.74 Å². The molecular formula is C16H21N5O. The zero-order valence-corrected chi connectivity index (χ0v) is 12.6. The van der Waals surface area contributed by atoms with Crippen LogP contribution in [0.5, 0.6) is 0 Å². The lowest BCUT2D eigenvalue weighted by Gasteiger charge is -2.43. The van der Waals surface area contributed by atoms with Gasteiger partial charge < -0.3 is 4.74 Å². The van der Waals surface area contributed by atoms with E-state index >= 15 is 0 Å². The molecule has 0 amide bonds. The maximum absolute atomic E-state index is 5.95. The lowest BCUT2D eigenvalue weighted by atomic mass is 9.90. The summed E-state index contributed by atoms with van der Waals surface area (Å²) in [5.74, 6) is 0.900. The van der Waals surface area contributed by atoms with Crippen LogP contribution in [0.1, 0.15) is 31.5 Å². The number of hydrogen-bond donors (Lipinski definition) is 0. The highest BCUT2D eigenvalue weighted by Crippen LogP contribution is 2.29. The summed E-state index contributed by atoms with van der Waals surface area (Å²) in [4.78, 5) is 2.50. The van der Waals surface area contributed by atoms with Gasteiger partial charge in [0.05, 0.1) is 24.9 Å². The molecular weight excluding hydrogens is 278 g/mol. The first-order valence-electron chi connectivity index (χ1n) is 8.10. The second kappa shape index (κ2) is 6.14. The van der Waals surface area contributed by atoms with Gasteiger partial charge in [0.1, 0.15) is 0 Å². The third-order valence-electron chi connectivity index (χ3n) is 4.73. The summed E-state index contributed by atoms with van der Waals surface area (Å²) >= 11 is 0. The van der Waals surface area contributed by atoms with Gasteiger partial charge in [-0.25, -0.2) is 0 Å². The highest BCUT2D eigenvalue weighted by atomic mass is 16.5. The predicted molar refractivity (Wildman–Crippen MR) is 81.6 cm³/mol. The van der Waals surface area contributed by atoms with Crippen molar-refractivity contribution in [3.63, 3.8) is 0 Å². The predicted octanol–water partition coefficient (Wildman–Crippen LogP) is 1.81. The van der Waals surface area contributed by atoms with Crippen molar-refractivity contribution in [3.05, 3.63) is 36.2 Å². The second-order valence-electron chi connectivity index (χ2n) is 6.07. The maximum Gasteiger partial charge on any atom is 0.170 e. The molecule has 116 valence electrons. The summed E-state index contributed by atoms with van der Waals surface area (Å²) in [6.45, 7) is 2.56. The van der Waals surface area contributed by atoms with Crippen LogP contribution in [0.2, 0.25) is 0 Å². The van der Waals surface area contributed by atoms with E-state index in [1.54, 1.807) is 0 Å². The standard InChI is InChI=1S/C16H21N5O/c1-2-6-13(7-3-1)21-16(17-18-19-21)12-20-10-11-22-15-9-5-4-8-14(15)20/h1-3,6-7,14-15H,4-5,8-12H2/t14-,15-/m1/s1. The van der Waals surface area contributed by atoms with Gasteiger partial charge in [0.25, 0.3) is 0 Å². The third kappa shape index (κ3) is 2.64. The van der Waals surface area contributed by atoms with Crippen LogP contribution in [0.15, 0.2) is 30.3 Å². The molecule has 2 aromatic rings. The van der Waals surface area contributed by atoms with Crippen molar-refractivity contribution in [2.45, 2.75) is 44.4 Å². The molecule has 0 spiro atoms. The third-order valence-corrected chi connectivity index (χ3v) is 4.73. The molecule has 2 atom stereocenters. The Hall–Kier alpha value is -1.79. The molecule has 0 radical (unpaired) electrons. The van der Waals surface area contributed by atoms with Gasteiger partial charge in [0.2, 0.25) is 0 Å². The van der Waals surface area contributed by atoms with E-state index in [2.05, 4.69) is 20.4 Å². The number of benzene rings is 1. The zero-order chi connectivity index (χ0) is 14.8. The molecule has 22 heavy (non-hydrogen) atoms. The van der Waals surface area contributed by atoms with Gasteiger partial charge in [-0.2, -0.15) is 4.68 Å². The number of morpholine rings is 1. The molecule has 2 fully saturated rings. The fraction of sp³-hybridized carbons (Fsp3) is 0.562. The molecule has 6 heteroatoms. The Morgan fingerprint density at radius 3 is 2.91 bits per heavy atom. The molecule has 1 aromatic heterocycles. The number of ether oxygens (including phenoxy) is 1. The van der Waals surface area contributed by atoms with Crippen molar-refractivity contribution >= 4 is 0 Å². The number of para-hydroxylation sites is 1. The minimum Gasteiger partial charge on any atom is -0.375 e. The van der Waals surface area contributed by atoms with Gasteiger partial charge in [0.15, 0.2) is 5.82 Å². The van der Waals surface area contributed by atoms with Crippen molar-refractivity contribution in [1.29, 1.82) is 0 Å². The average molecular weight is 299 g/mol. The summed E-state index contributed by atoms with van der Waals surface area (Å²) in [6, 6.07) is 10.6. The van der Waals surface area contributed by atoms with Crippen LogP contribution in [0.3, 0.4) is 0 Å². The fourth-order valence-corrected chi connectivity index (χ4v) is 3.63. The normalized spacial score (nSPS) is 25.8. The molecule has 1 saturated carbocycles. The first-order valence-corrected chi connectivity index (χ1v) is 8.10. The van der Waals surface area contributed by atoms with E-state index in [1.807, 2.05) is 35.0 Å². The largest absolute Gasteiger partial charge is 0.375 e. The van der Waals surface area contributed by atoms with E-state index in [-0.39, 0.29) is 0 Å². The number of rotatable bonds is 3. The minimum atomic E-state index is 0.392. The molecule has 1 saturated heterocycles. The van der Waals surface area contributed by atoms with Crippen LogP contribution < -0.4 is 0 Å². The van der Waals surface area contributed by atoms with Gasteiger partial charge in [-0.3, -0.25) is 4.90 Å². The molecule has 1 aromatic carbocycles. The first kappa shape index (κ1) is 13.8. The molecule has 2 aliphatic rings. The molecule has 0 unspecified atom stereocenters. The van der Waals surface area contributed by atoms with Crippen LogP contribution in [-0.2, 0) is 11.3 Å². The number of nitrogens with zero attached hydrogens (tertiary/aromatic N) is 5. The van der Waals surface area contributed by atoms with E-state index in [1.165, 1.54) is 25.7 Å². The van der Waals surface area contributed by atoms with Gasteiger partial charge in [-0.05, 0) is 35.4 Å². The van der Waals surface area contributed by atoms with Crippen molar-refractivity contribution in [1.82, 2.24) is 25.1 Å². The molecule has 4 rings (SSSR count). The maximum atomic E-state index is 5.95. The molecule has 0 N–H and O–H groups in total. The molecule has 6 nitrogen and oxygen atoms in total. The number of hydrogen-bond acceptors (Lipinski definition) is 5. The second-order valence-corrected chi connectivity index (χ2v) is 6.07. The van der Waals surface area contributed by atoms with Crippen LogP contribution in [0, 0.1) is 0 Å². The lowest BCUT2D eigenvalue weighted by molar-refractivity contribution is -0.0919. The Morgan fingerprint density at radius 2 is 2.00 bits per heavy atom. The topological polar surface area (TPSA) is 56.1 Å². The average Bonchev–Trinajstić information content (AvgIpc) is 3.04. The Morgan fingerprint density at radius 1 is 1.14 bits per heavy atom. The molecule has 1 aliphatic carbocycles. The Balaban J connectivity index is 1.55. The highest BCUT2D eigenvalue weighted by molar-refractivity contribution is 5.30. The van der Waals surface area contributed by atoms with E-state index in [9.17, 15) is 0 Å². The summed E-state index contributed by atoms with van der Waals surface area (Å²) in [5, 5.41) is 12.3. The van der Waals surface area contributed by atoms with E-state index in [4.69, 9.17) is 4.74 Å². The zero-order valence-electron chi connectivity index (χ0n) is 12.6. The van der Waals surface area contributed by atoms with Gasteiger partial charge in [-0.15, -0.1) is 5.10 Å². The lowest BCUT2D eigenvalue weighted by Crippen LogP contribution is -2.52. The van der Waals surface area contributed by atoms with Crippen molar-refractivity contribution in [3.8, 4) is 5.69 Å². The number of aromatic nitrogens is 4. The quantitative estimate of drug-likeness (QED) is 0.865. The Bertz CT molecular complexity index is 612. The van der Waals surface area contributed by atoms with Crippen LogP contribution >= 0.6 is 0 Å². The van der Waals surface area contributed by atoms with Crippen molar-refractivity contribution in [2.24, 2.45) is 0 Å². The monoisotopic (exact) mass is 299 g/mol. The van der Waals surface area contributed by atoms with Gasteiger partial charge in [0, 0.05) is 12.6 Å². The number of fused-ring (bicyclic) bond motifs is 1. The Kier molecular flexibility index (Phi) is 3.86. The van der Waals surface area contributed by atoms with Gasteiger partial charge >= 0.3 is 0 Å². The summed E-state index contributed by atoms with van der Waals surface area (Å²) < 4.78 is 7.79. The SMILES string of the molecule is c1ccc(-n2nnnc2CN2CCO[C@@H]3CCCC[C@H]32)cc1. The summed E-state index contributed by atoms with van der Waals surface area (Å²) in [5.41, 5.74) is 1.01. The van der Waals surface area contributed by atoms with Crippen LogP contribution in [0.4, 0.5) is 0 Å². The smallest absolute Gasteiger partial charge is 0.170 e. The van der Waals surface area contributed by atoms with Crippen LogP contribution in [0.25, 0.3) is 5.69 Å². The fourth-order valence-electron chi connectivity index (χ4n) is 3.63. The first-order chi connectivity index (χ1) is 10.9. The molecule has 2 heterocycles. The van der Waals surface area contributed by atoms with Crippen LogP contribution in [-0.4, -0.2) is 50.4 Å². The van der Waals surface area contributed by atoms with Crippen molar-refractivity contribution in [2.75, 3.05) is 13.2 Å². The van der Waals surface area contributed by atoms with Gasteiger partial charge in [-0.1, -0.05) is 31.0 Å². The van der Waals surface area contributed by atoms with E-state index in [0.717, 1.165) is 31.2 Å². The minimum absolute atomic E-state index is 0.392. The summed E-state index contributed by atoms with van der Waals surface area (Å²) in [6.07, 6.45) is 5.38. The van der Waals surface area contributed by atoms with E-state index < -0.39 is 0 Å². The van der Waals surface area contributed by atoms with E-state index in [0.29, 0.717) is 12.1 Å². The number of tetrazole rings is 1.